The first-order chi connectivity index (χ1) is 10.5. The first-order valence-corrected chi connectivity index (χ1v) is 8.26. The van der Waals surface area contributed by atoms with Crippen LogP contribution in [0.3, 0.4) is 0 Å². The summed E-state index contributed by atoms with van der Waals surface area (Å²) < 4.78 is 0. The summed E-state index contributed by atoms with van der Waals surface area (Å²) >= 11 is 0. The number of aryl methyl sites for hydroxylation is 1. The largest absolute Gasteiger partial charge is 0.508 e. The number of phenols is 1. The fourth-order valence-electron chi connectivity index (χ4n) is 3.14. The van der Waals surface area contributed by atoms with E-state index < -0.39 is 0 Å². The maximum atomic E-state index is 12.2. The van der Waals surface area contributed by atoms with Crippen molar-refractivity contribution in [3.05, 3.63) is 29.3 Å². The molecule has 4 heteroatoms. The molecule has 122 valence electrons. The van der Waals surface area contributed by atoms with Crippen LogP contribution in [-0.4, -0.2) is 42.1 Å². The van der Waals surface area contributed by atoms with Crippen molar-refractivity contribution in [2.75, 3.05) is 26.2 Å². The Labute approximate surface area is 133 Å². The molecule has 1 heterocycles. The summed E-state index contributed by atoms with van der Waals surface area (Å²) in [7, 11) is 0. The smallest absolute Gasteiger partial charge is 0.251 e. The second-order valence-electron chi connectivity index (χ2n) is 6.87. The SMILES string of the molecule is Cc1cc(C(=O)NC[C@@H]2CCCN(CC(C)C)C2)ccc1O. The molecule has 0 aromatic heterocycles. The van der Waals surface area contributed by atoms with Crippen LogP contribution in [0.5, 0.6) is 5.75 Å². The molecular formula is C18H28N2O2. The zero-order valence-corrected chi connectivity index (χ0v) is 13.9. The summed E-state index contributed by atoms with van der Waals surface area (Å²) in [6.45, 7) is 10.4. The van der Waals surface area contributed by atoms with E-state index in [4.69, 9.17) is 0 Å². The number of hydrogen-bond acceptors (Lipinski definition) is 3. The number of nitrogens with zero attached hydrogens (tertiary/aromatic N) is 1. The van der Waals surface area contributed by atoms with E-state index in [1.54, 1.807) is 25.1 Å². The monoisotopic (exact) mass is 304 g/mol. The molecule has 1 atom stereocenters. The summed E-state index contributed by atoms with van der Waals surface area (Å²) in [6.07, 6.45) is 2.40. The van der Waals surface area contributed by atoms with Gasteiger partial charge in [-0.15, -0.1) is 0 Å². The third kappa shape index (κ3) is 4.73. The van der Waals surface area contributed by atoms with Crippen molar-refractivity contribution in [2.24, 2.45) is 11.8 Å². The maximum absolute atomic E-state index is 12.2. The van der Waals surface area contributed by atoms with Crippen LogP contribution >= 0.6 is 0 Å². The molecule has 1 fully saturated rings. The van der Waals surface area contributed by atoms with E-state index >= 15 is 0 Å². The van der Waals surface area contributed by atoms with Gasteiger partial charge < -0.3 is 15.3 Å². The second-order valence-corrected chi connectivity index (χ2v) is 6.87. The van der Waals surface area contributed by atoms with Crippen molar-refractivity contribution in [2.45, 2.75) is 33.6 Å². The number of rotatable bonds is 5. The molecule has 1 aliphatic heterocycles. The molecule has 1 saturated heterocycles. The lowest BCUT2D eigenvalue weighted by atomic mass is 9.97. The molecule has 0 aliphatic carbocycles. The molecule has 1 aromatic carbocycles. The fourth-order valence-corrected chi connectivity index (χ4v) is 3.14. The highest BCUT2D eigenvalue weighted by molar-refractivity contribution is 5.94. The fraction of sp³-hybridized carbons (Fsp3) is 0.611. The predicted molar refractivity (Wildman–Crippen MR) is 89.2 cm³/mol. The van der Waals surface area contributed by atoms with Crippen molar-refractivity contribution >= 4 is 5.91 Å². The molecule has 0 unspecified atom stereocenters. The Morgan fingerprint density at radius 2 is 2.23 bits per heavy atom. The Kier molecular flexibility index (Phi) is 5.83. The van der Waals surface area contributed by atoms with Crippen LogP contribution in [0.25, 0.3) is 0 Å². The van der Waals surface area contributed by atoms with Crippen LogP contribution in [0.1, 0.15) is 42.6 Å². The molecule has 2 N–H and O–H groups in total. The number of nitrogens with one attached hydrogen (secondary N) is 1. The summed E-state index contributed by atoms with van der Waals surface area (Å²) in [6, 6.07) is 4.98. The lowest BCUT2D eigenvalue weighted by Crippen LogP contribution is -2.42. The molecule has 2 rings (SSSR count). The van der Waals surface area contributed by atoms with E-state index in [-0.39, 0.29) is 11.7 Å². The van der Waals surface area contributed by atoms with E-state index in [0.717, 1.165) is 25.2 Å². The summed E-state index contributed by atoms with van der Waals surface area (Å²) in [5.41, 5.74) is 1.35. The highest BCUT2D eigenvalue weighted by Gasteiger charge is 2.21. The van der Waals surface area contributed by atoms with E-state index in [0.29, 0.717) is 17.4 Å². The molecule has 0 saturated carbocycles. The maximum Gasteiger partial charge on any atom is 0.251 e. The van der Waals surface area contributed by atoms with Gasteiger partial charge in [-0.2, -0.15) is 0 Å². The Hall–Kier alpha value is -1.55. The van der Waals surface area contributed by atoms with Crippen molar-refractivity contribution < 1.29 is 9.90 Å². The van der Waals surface area contributed by atoms with E-state index in [9.17, 15) is 9.90 Å². The molecule has 0 bridgehead atoms. The minimum Gasteiger partial charge on any atom is -0.508 e. The van der Waals surface area contributed by atoms with Crippen LogP contribution in [0.4, 0.5) is 0 Å². The van der Waals surface area contributed by atoms with Crippen molar-refractivity contribution in [3.63, 3.8) is 0 Å². The topological polar surface area (TPSA) is 52.6 Å². The van der Waals surface area contributed by atoms with Crippen LogP contribution in [0, 0.1) is 18.8 Å². The number of likely N-dealkylation sites (tertiary alicyclic amines) is 1. The van der Waals surface area contributed by atoms with Gasteiger partial charge in [0.05, 0.1) is 0 Å². The molecule has 1 aliphatic rings. The van der Waals surface area contributed by atoms with Gasteiger partial charge in [-0.25, -0.2) is 0 Å². The van der Waals surface area contributed by atoms with E-state index in [1.807, 2.05) is 0 Å². The predicted octanol–water partition coefficient (Wildman–Crippen LogP) is 2.80. The molecule has 0 radical (unpaired) electrons. The standard InChI is InChI=1S/C18H28N2O2/c1-13(2)11-20-8-4-5-15(12-20)10-19-18(22)16-6-7-17(21)14(3)9-16/h6-7,9,13,15,21H,4-5,8,10-12H2,1-3H3,(H,19,22)/t15-/m0/s1. The molecule has 1 aromatic rings. The number of phenolic OH excluding ortho intramolecular Hbond substituents is 1. The van der Waals surface area contributed by atoms with Gasteiger partial charge in [0.25, 0.3) is 5.91 Å². The zero-order chi connectivity index (χ0) is 16.1. The van der Waals surface area contributed by atoms with Crippen molar-refractivity contribution in [3.8, 4) is 5.75 Å². The number of benzene rings is 1. The number of carbonyl (C=O) groups excluding carboxylic acids is 1. The van der Waals surface area contributed by atoms with Gasteiger partial charge in [0, 0.05) is 25.2 Å². The van der Waals surface area contributed by atoms with Gasteiger partial charge in [0.15, 0.2) is 0 Å². The highest BCUT2D eigenvalue weighted by Crippen LogP contribution is 2.18. The second kappa shape index (κ2) is 7.63. The van der Waals surface area contributed by atoms with Crippen molar-refractivity contribution in [1.82, 2.24) is 10.2 Å². The highest BCUT2D eigenvalue weighted by atomic mass is 16.3. The third-order valence-electron chi connectivity index (χ3n) is 4.24. The first-order valence-electron chi connectivity index (χ1n) is 8.26. The number of hydrogen-bond donors (Lipinski definition) is 2. The summed E-state index contributed by atoms with van der Waals surface area (Å²) in [4.78, 5) is 14.7. The zero-order valence-electron chi connectivity index (χ0n) is 13.9. The molecule has 4 nitrogen and oxygen atoms in total. The number of carbonyl (C=O) groups is 1. The van der Waals surface area contributed by atoms with Crippen LogP contribution in [-0.2, 0) is 0 Å². The van der Waals surface area contributed by atoms with Gasteiger partial charge in [-0.1, -0.05) is 13.8 Å². The Morgan fingerprint density at radius 3 is 2.91 bits per heavy atom. The third-order valence-corrected chi connectivity index (χ3v) is 4.24. The van der Waals surface area contributed by atoms with Gasteiger partial charge >= 0.3 is 0 Å². The summed E-state index contributed by atoms with van der Waals surface area (Å²) in [5.74, 6) is 1.40. The Morgan fingerprint density at radius 1 is 1.45 bits per heavy atom. The van der Waals surface area contributed by atoms with Crippen LogP contribution in [0.2, 0.25) is 0 Å². The van der Waals surface area contributed by atoms with Crippen molar-refractivity contribution in [1.29, 1.82) is 0 Å². The molecule has 0 spiro atoms. The minimum atomic E-state index is -0.0518. The Bertz CT molecular complexity index is 514. The molecule has 1 amide bonds. The normalized spacial score (nSPS) is 19.4. The number of piperidine rings is 1. The molecular weight excluding hydrogens is 276 g/mol. The van der Waals surface area contributed by atoms with Gasteiger partial charge in [0.1, 0.15) is 5.75 Å². The minimum absolute atomic E-state index is 0.0518. The van der Waals surface area contributed by atoms with Gasteiger partial charge in [-0.3, -0.25) is 4.79 Å². The summed E-state index contributed by atoms with van der Waals surface area (Å²) in [5, 5.41) is 12.6. The lowest BCUT2D eigenvalue weighted by molar-refractivity contribution is 0.0929. The average Bonchev–Trinajstić information content (AvgIpc) is 2.47. The van der Waals surface area contributed by atoms with Gasteiger partial charge in [-0.05, 0) is 61.9 Å². The van der Waals surface area contributed by atoms with Crippen LogP contribution in [0.15, 0.2) is 18.2 Å². The molecule has 22 heavy (non-hydrogen) atoms. The lowest BCUT2D eigenvalue weighted by Gasteiger charge is -2.33. The quantitative estimate of drug-likeness (QED) is 0.879. The van der Waals surface area contributed by atoms with E-state index in [2.05, 4.69) is 24.1 Å². The average molecular weight is 304 g/mol. The van der Waals surface area contributed by atoms with E-state index in [1.165, 1.54) is 19.4 Å². The first kappa shape index (κ1) is 16.8. The van der Waals surface area contributed by atoms with Crippen LogP contribution < -0.4 is 5.32 Å². The number of amides is 1. The van der Waals surface area contributed by atoms with Gasteiger partial charge in [0.2, 0.25) is 0 Å². The Balaban J connectivity index is 1.84. The number of aromatic hydroxyl groups is 1.